The fourth-order valence-corrected chi connectivity index (χ4v) is 6.98. The molecule has 66 heavy (non-hydrogen) atoms. The number of hydrogen-bond donors (Lipinski definition) is 15. The molecule has 1 rings (SSSR count). The summed E-state index contributed by atoms with van der Waals surface area (Å²) in [6.07, 6.45) is 1.42. The van der Waals surface area contributed by atoms with E-state index >= 15 is 0 Å². The van der Waals surface area contributed by atoms with Crippen LogP contribution in [0.5, 0.6) is 0 Å². The Hall–Kier alpha value is -6.12. The van der Waals surface area contributed by atoms with Crippen LogP contribution in [0.2, 0.25) is 0 Å². The maximum absolute atomic E-state index is 14.2. The Morgan fingerprint density at radius 3 is 1.68 bits per heavy atom. The number of nitrogens with zero attached hydrogens (tertiary/aromatic N) is 2. The second kappa shape index (κ2) is 31.7. The van der Waals surface area contributed by atoms with Crippen LogP contribution in [0.4, 0.5) is 0 Å². The number of nitrogens with one attached hydrogen (secondary N) is 7. The Morgan fingerprint density at radius 1 is 0.682 bits per heavy atom. The van der Waals surface area contributed by atoms with Gasteiger partial charge in [0.05, 0.1) is 6.61 Å². The third-order valence-electron chi connectivity index (χ3n) is 9.64. The minimum absolute atomic E-state index is 0.00258. The third kappa shape index (κ3) is 24.8. The third-order valence-corrected chi connectivity index (χ3v) is 10.4. The number of carbonyl (C=O) groups is 8. The summed E-state index contributed by atoms with van der Waals surface area (Å²) in [5, 5.41) is 40.0. The molecule has 372 valence electrons. The molecule has 0 fully saturated rings. The minimum Gasteiger partial charge on any atom is -0.480 e. The van der Waals surface area contributed by atoms with Crippen molar-refractivity contribution < 1.29 is 48.6 Å². The quantitative estimate of drug-likeness (QED) is 0.0179. The summed E-state index contributed by atoms with van der Waals surface area (Å²) in [6.45, 7) is 4.22. The maximum Gasteiger partial charge on any atom is 0.322 e. The molecule has 26 heteroatoms. The number of aliphatic imine (C=N–C) groups is 2. The molecule has 0 aliphatic carbocycles. The molecule has 0 spiro atoms. The number of aliphatic hydroxyl groups excluding tert-OH is 1. The van der Waals surface area contributed by atoms with Gasteiger partial charge in [-0.3, -0.25) is 48.3 Å². The minimum atomic E-state index is -1.31. The lowest BCUT2D eigenvalue weighted by Gasteiger charge is -2.28. The fourth-order valence-electron chi connectivity index (χ4n) is 6.30. The molecule has 0 aliphatic heterocycles. The molecule has 1 aromatic heterocycles. The van der Waals surface area contributed by atoms with Crippen LogP contribution in [0, 0.1) is 5.92 Å². The molecular formula is C40H71N15O10S. The number of aliphatic carboxylic acids is 1. The van der Waals surface area contributed by atoms with Crippen molar-refractivity contribution in [3.63, 3.8) is 0 Å². The summed E-state index contributed by atoms with van der Waals surface area (Å²) in [6, 6.07) is -6.40. The van der Waals surface area contributed by atoms with Gasteiger partial charge in [0, 0.05) is 32.0 Å². The van der Waals surface area contributed by atoms with E-state index in [2.05, 4.69) is 47.2 Å². The zero-order valence-electron chi connectivity index (χ0n) is 37.9. The number of carboxylic acids is 1. The van der Waals surface area contributed by atoms with Gasteiger partial charge in [-0.25, -0.2) is 0 Å². The zero-order valence-corrected chi connectivity index (χ0v) is 38.7. The Balaban J connectivity index is 3.44. The first-order valence-corrected chi connectivity index (χ1v) is 22.6. The highest BCUT2D eigenvalue weighted by Gasteiger charge is 2.32. The number of thiophene rings is 1. The van der Waals surface area contributed by atoms with E-state index in [1.54, 1.807) is 16.8 Å². The molecule has 0 unspecified atom stereocenters. The molecule has 0 aliphatic rings. The zero-order chi connectivity index (χ0) is 49.8. The number of nitrogens with two attached hydrogens (primary N) is 6. The lowest BCUT2D eigenvalue weighted by molar-refractivity contribution is -0.138. The second-order valence-corrected chi connectivity index (χ2v) is 16.8. The standard InChI is InChI=1S/C40H71N15O10S/c1-22(2)16-25(18-31(57)52-30(17-24-11-15-66-21-24)35(62)49-19-32(58)59)51-36(63)28(9-6-13-47-39(43)44)54-38(65)29(10-7-14-48-40(45)46)55-37(64)27(8-4-5-12-41)53-33(60)23(3)50-34(61)26(42)20-56/h11,15,21-23,25-30,56H,4-10,12-14,16-20,41-42H2,1-3H3,(H,49,62)(H,50,61)(H,51,63)(H,52,57)(H,53,60)(H,54,65)(H,55,64)(H,58,59)(H4,43,44,47)(H4,45,46,48)/t23-,25-,26-,27-,28-,29-,30-/m0/s1. The summed E-state index contributed by atoms with van der Waals surface area (Å²) in [7, 11) is 0. The number of carbonyl (C=O) groups excluding carboxylic acids is 7. The van der Waals surface area contributed by atoms with E-state index in [0.717, 1.165) is 5.56 Å². The first-order chi connectivity index (χ1) is 31.2. The van der Waals surface area contributed by atoms with Crippen molar-refractivity contribution >= 4 is 70.6 Å². The van der Waals surface area contributed by atoms with Crippen LogP contribution in [-0.2, 0) is 44.8 Å². The molecule has 25 nitrogen and oxygen atoms in total. The van der Waals surface area contributed by atoms with Crippen molar-refractivity contribution in [1.29, 1.82) is 0 Å². The Bertz CT molecular complexity index is 1770. The molecule has 0 radical (unpaired) electrons. The Labute approximate surface area is 388 Å². The average Bonchev–Trinajstić information content (AvgIpc) is 3.76. The lowest BCUT2D eigenvalue weighted by Crippen LogP contribution is -2.59. The van der Waals surface area contributed by atoms with Gasteiger partial charge >= 0.3 is 5.97 Å². The van der Waals surface area contributed by atoms with Crippen LogP contribution >= 0.6 is 11.3 Å². The van der Waals surface area contributed by atoms with Crippen molar-refractivity contribution in [1.82, 2.24) is 37.2 Å². The number of guanidine groups is 2. The molecule has 7 atom stereocenters. The lowest BCUT2D eigenvalue weighted by atomic mass is 9.99. The van der Waals surface area contributed by atoms with Crippen molar-refractivity contribution in [2.24, 2.45) is 50.3 Å². The molecule has 0 bridgehead atoms. The molecule has 0 aromatic carbocycles. The molecule has 1 aromatic rings. The van der Waals surface area contributed by atoms with Crippen LogP contribution in [0.15, 0.2) is 26.8 Å². The van der Waals surface area contributed by atoms with Gasteiger partial charge in [-0.05, 0) is 93.1 Å². The number of unbranched alkanes of at least 4 members (excludes halogenated alkanes) is 1. The first kappa shape index (κ1) is 57.9. The van der Waals surface area contributed by atoms with Gasteiger partial charge in [0.25, 0.3) is 0 Å². The molecule has 0 saturated heterocycles. The van der Waals surface area contributed by atoms with Crippen molar-refractivity contribution in [3.8, 4) is 0 Å². The van der Waals surface area contributed by atoms with Crippen LogP contribution in [0.25, 0.3) is 0 Å². The number of amides is 7. The first-order valence-electron chi connectivity index (χ1n) is 21.7. The molecule has 7 amide bonds. The topological polar surface area (TPSA) is 442 Å². The summed E-state index contributed by atoms with van der Waals surface area (Å²) in [4.78, 5) is 113. The Morgan fingerprint density at radius 2 is 1.21 bits per heavy atom. The molecule has 0 saturated carbocycles. The number of rotatable bonds is 33. The van der Waals surface area contributed by atoms with Crippen LogP contribution in [-0.4, -0.2) is 145 Å². The van der Waals surface area contributed by atoms with Crippen molar-refractivity contribution in [2.45, 2.75) is 127 Å². The van der Waals surface area contributed by atoms with Gasteiger partial charge in [-0.2, -0.15) is 11.3 Å². The van der Waals surface area contributed by atoms with E-state index in [9.17, 15) is 43.5 Å². The van der Waals surface area contributed by atoms with E-state index in [-0.39, 0.29) is 75.9 Å². The van der Waals surface area contributed by atoms with E-state index in [0.29, 0.717) is 25.8 Å². The summed E-state index contributed by atoms with van der Waals surface area (Å²) >= 11 is 1.38. The van der Waals surface area contributed by atoms with Gasteiger partial charge in [-0.1, -0.05) is 13.8 Å². The fraction of sp³-hybridized carbons (Fsp3) is 0.650. The van der Waals surface area contributed by atoms with E-state index < -0.39 is 103 Å². The number of aliphatic hydroxyl groups is 1. The van der Waals surface area contributed by atoms with Gasteiger partial charge in [0.15, 0.2) is 11.9 Å². The summed E-state index contributed by atoms with van der Waals surface area (Å²) < 4.78 is 0. The number of hydrogen-bond acceptors (Lipinski definition) is 14. The average molecular weight is 954 g/mol. The SMILES string of the molecule is CC(C)C[C@@H](CC(=O)N[C@@H](Cc1ccsc1)C(=O)NCC(=O)O)NC(=O)[C@H](CCCN=C(N)N)NC(=O)[C@H](CCCN=C(N)N)NC(=O)[C@H](CCCCN)NC(=O)[C@H](C)NC(=O)[C@@H](N)CO. The summed E-state index contributed by atoms with van der Waals surface area (Å²) in [5.74, 6) is -6.82. The van der Waals surface area contributed by atoms with Crippen molar-refractivity contribution in [3.05, 3.63) is 22.4 Å². The maximum atomic E-state index is 14.2. The molecule has 1 heterocycles. The van der Waals surface area contributed by atoms with Gasteiger partial charge < -0.3 is 81.8 Å². The van der Waals surface area contributed by atoms with E-state index in [1.807, 2.05) is 13.8 Å². The van der Waals surface area contributed by atoms with Crippen LogP contribution in [0.3, 0.4) is 0 Å². The second-order valence-electron chi connectivity index (χ2n) is 16.0. The predicted octanol–water partition coefficient (Wildman–Crippen LogP) is -4.59. The highest BCUT2D eigenvalue weighted by Crippen LogP contribution is 2.13. The van der Waals surface area contributed by atoms with Crippen LogP contribution in [0.1, 0.15) is 84.1 Å². The van der Waals surface area contributed by atoms with Crippen molar-refractivity contribution in [2.75, 3.05) is 32.8 Å². The van der Waals surface area contributed by atoms with Gasteiger partial charge in [0.2, 0.25) is 41.4 Å². The van der Waals surface area contributed by atoms with Crippen LogP contribution < -0.4 is 71.6 Å². The highest BCUT2D eigenvalue weighted by molar-refractivity contribution is 7.07. The summed E-state index contributed by atoms with van der Waals surface area (Å²) in [5.41, 5.74) is 33.9. The molecular weight excluding hydrogens is 883 g/mol. The normalized spacial score (nSPS) is 14.1. The Kier molecular flexibility index (Phi) is 27.8. The monoisotopic (exact) mass is 954 g/mol. The van der Waals surface area contributed by atoms with Gasteiger partial charge in [-0.15, -0.1) is 0 Å². The van der Waals surface area contributed by atoms with Gasteiger partial charge in [0.1, 0.15) is 42.8 Å². The smallest absolute Gasteiger partial charge is 0.322 e. The largest absolute Gasteiger partial charge is 0.480 e. The van der Waals surface area contributed by atoms with E-state index in [1.165, 1.54) is 18.3 Å². The van der Waals surface area contributed by atoms with E-state index in [4.69, 9.17) is 39.5 Å². The predicted molar refractivity (Wildman–Crippen MR) is 248 cm³/mol. The molecule has 21 N–H and O–H groups in total. The highest BCUT2D eigenvalue weighted by atomic mass is 32.1. The number of carboxylic acid groups (broad SMARTS) is 1.